The molecule has 2 aromatic heterocycles. The SMILES string of the molecule is Cc1cc(C(=O)O)nn1Cn1ccc([N+](=O)[O-])n1. The molecule has 0 spiro atoms. The molecule has 0 aromatic carbocycles. The maximum absolute atomic E-state index is 10.7. The summed E-state index contributed by atoms with van der Waals surface area (Å²) in [6.07, 6.45) is 1.43. The van der Waals surface area contributed by atoms with E-state index in [2.05, 4.69) is 10.2 Å². The van der Waals surface area contributed by atoms with Crippen LogP contribution in [0.15, 0.2) is 18.3 Å². The van der Waals surface area contributed by atoms with Gasteiger partial charge in [-0.15, -0.1) is 0 Å². The molecule has 0 aliphatic carbocycles. The van der Waals surface area contributed by atoms with E-state index in [1.165, 1.54) is 27.7 Å². The van der Waals surface area contributed by atoms with Gasteiger partial charge < -0.3 is 15.2 Å². The number of hydrogen-bond donors (Lipinski definition) is 1. The molecular formula is C9H9N5O4. The minimum atomic E-state index is -1.12. The van der Waals surface area contributed by atoms with Crippen molar-refractivity contribution in [2.24, 2.45) is 0 Å². The highest BCUT2D eigenvalue weighted by Gasteiger charge is 2.14. The van der Waals surface area contributed by atoms with Crippen molar-refractivity contribution in [1.29, 1.82) is 0 Å². The van der Waals surface area contributed by atoms with E-state index >= 15 is 0 Å². The van der Waals surface area contributed by atoms with Crippen LogP contribution >= 0.6 is 0 Å². The van der Waals surface area contributed by atoms with Crippen LogP contribution in [0.1, 0.15) is 16.2 Å². The second-order valence-corrected chi connectivity index (χ2v) is 3.59. The Labute approximate surface area is 100 Å². The Hall–Kier alpha value is -2.71. The lowest BCUT2D eigenvalue weighted by Crippen LogP contribution is -2.12. The number of hydrogen-bond acceptors (Lipinski definition) is 5. The van der Waals surface area contributed by atoms with E-state index in [4.69, 9.17) is 5.11 Å². The lowest BCUT2D eigenvalue weighted by atomic mass is 10.4. The molecule has 9 nitrogen and oxygen atoms in total. The fraction of sp³-hybridized carbons (Fsp3) is 0.222. The first kappa shape index (κ1) is 11.8. The molecule has 2 rings (SSSR count). The highest BCUT2D eigenvalue weighted by molar-refractivity contribution is 5.85. The monoisotopic (exact) mass is 251 g/mol. The maximum atomic E-state index is 10.7. The molecule has 2 aromatic rings. The minimum Gasteiger partial charge on any atom is -0.476 e. The summed E-state index contributed by atoms with van der Waals surface area (Å²) >= 11 is 0. The van der Waals surface area contributed by atoms with Gasteiger partial charge in [0.05, 0.1) is 17.4 Å². The number of nitrogens with zero attached hydrogens (tertiary/aromatic N) is 5. The molecule has 0 saturated heterocycles. The molecule has 0 atom stereocenters. The molecule has 0 aliphatic heterocycles. The summed E-state index contributed by atoms with van der Waals surface area (Å²) in [6.45, 7) is 1.81. The Balaban J connectivity index is 2.22. The lowest BCUT2D eigenvalue weighted by molar-refractivity contribution is -0.389. The van der Waals surface area contributed by atoms with E-state index in [0.717, 1.165) is 0 Å². The Morgan fingerprint density at radius 3 is 2.78 bits per heavy atom. The Morgan fingerprint density at radius 1 is 1.56 bits per heavy atom. The van der Waals surface area contributed by atoms with Crippen LogP contribution in [0.3, 0.4) is 0 Å². The fourth-order valence-electron chi connectivity index (χ4n) is 1.42. The number of aromatic nitrogens is 4. The summed E-state index contributed by atoms with van der Waals surface area (Å²) in [4.78, 5) is 20.6. The summed E-state index contributed by atoms with van der Waals surface area (Å²) in [5.41, 5.74) is 0.555. The van der Waals surface area contributed by atoms with Crippen molar-refractivity contribution in [1.82, 2.24) is 19.6 Å². The zero-order valence-electron chi connectivity index (χ0n) is 9.35. The largest absolute Gasteiger partial charge is 0.476 e. The highest BCUT2D eigenvalue weighted by Crippen LogP contribution is 2.07. The molecule has 0 unspecified atom stereocenters. The molecule has 0 amide bonds. The van der Waals surface area contributed by atoms with E-state index in [9.17, 15) is 14.9 Å². The number of rotatable bonds is 4. The van der Waals surface area contributed by atoms with Crippen LogP contribution in [-0.2, 0) is 6.67 Å². The molecule has 0 aliphatic rings. The van der Waals surface area contributed by atoms with E-state index in [0.29, 0.717) is 5.69 Å². The van der Waals surface area contributed by atoms with E-state index in [1.54, 1.807) is 6.92 Å². The van der Waals surface area contributed by atoms with Crippen molar-refractivity contribution in [3.63, 3.8) is 0 Å². The average molecular weight is 251 g/mol. The van der Waals surface area contributed by atoms with Crippen molar-refractivity contribution in [3.05, 3.63) is 39.8 Å². The lowest BCUT2D eigenvalue weighted by Gasteiger charge is -2.00. The minimum absolute atomic E-state index is 0.0749. The van der Waals surface area contributed by atoms with Crippen molar-refractivity contribution in [2.45, 2.75) is 13.6 Å². The predicted octanol–water partition coefficient (Wildman–Crippen LogP) is 0.500. The maximum Gasteiger partial charge on any atom is 0.389 e. The summed E-state index contributed by atoms with van der Waals surface area (Å²) in [5, 5.41) is 26.8. The smallest absolute Gasteiger partial charge is 0.389 e. The van der Waals surface area contributed by atoms with Crippen molar-refractivity contribution in [2.75, 3.05) is 0 Å². The van der Waals surface area contributed by atoms with Gasteiger partial charge in [-0.1, -0.05) is 0 Å². The van der Waals surface area contributed by atoms with Gasteiger partial charge in [0.2, 0.25) is 0 Å². The van der Waals surface area contributed by atoms with Gasteiger partial charge in [-0.25, -0.2) is 9.48 Å². The fourth-order valence-corrected chi connectivity index (χ4v) is 1.42. The van der Waals surface area contributed by atoms with E-state index in [-0.39, 0.29) is 18.2 Å². The molecule has 2 heterocycles. The quantitative estimate of drug-likeness (QED) is 0.624. The summed E-state index contributed by atoms with van der Waals surface area (Å²) in [6, 6.07) is 2.68. The van der Waals surface area contributed by atoms with Gasteiger partial charge in [-0.05, 0) is 17.9 Å². The molecule has 94 valence electrons. The average Bonchev–Trinajstić information content (AvgIpc) is 2.87. The third-order valence-electron chi connectivity index (χ3n) is 2.29. The van der Waals surface area contributed by atoms with Gasteiger partial charge in [0.1, 0.15) is 0 Å². The summed E-state index contributed by atoms with van der Waals surface area (Å²) in [7, 11) is 0. The second kappa shape index (κ2) is 4.28. The molecule has 0 radical (unpaired) electrons. The van der Waals surface area contributed by atoms with Gasteiger partial charge in [0.15, 0.2) is 12.4 Å². The molecule has 9 heteroatoms. The van der Waals surface area contributed by atoms with Gasteiger partial charge >= 0.3 is 11.8 Å². The number of carboxylic acids is 1. The Kier molecular flexibility index (Phi) is 2.80. The first-order valence-corrected chi connectivity index (χ1v) is 4.93. The van der Waals surface area contributed by atoms with E-state index < -0.39 is 10.9 Å². The topological polar surface area (TPSA) is 116 Å². The van der Waals surface area contributed by atoms with Crippen LogP contribution in [0.5, 0.6) is 0 Å². The number of carboxylic acid groups (broad SMARTS) is 1. The first-order chi connectivity index (χ1) is 8.47. The predicted molar refractivity (Wildman–Crippen MR) is 58.2 cm³/mol. The van der Waals surface area contributed by atoms with Gasteiger partial charge in [0, 0.05) is 5.69 Å². The van der Waals surface area contributed by atoms with Gasteiger partial charge in [-0.2, -0.15) is 9.78 Å². The third-order valence-corrected chi connectivity index (χ3v) is 2.29. The second-order valence-electron chi connectivity index (χ2n) is 3.59. The number of carbonyl (C=O) groups is 1. The highest BCUT2D eigenvalue weighted by atomic mass is 16.6. The molecule has 18 heavy (non-hydrogen) atoms. The van der Waals surface area contributed by atoms with Crippen LogP contribution in [0, 0.1) is 17.0 Å². The normalized spacial score (nSPS) is 10.5. The molecule has 0 saturated carbocycles. The van der Waals surface area contributed by atoms with Crippen LogP contribution in [0.25, 0.3) is 0 Å². The van der Waals surface area contributed by atoms with Crippen LogP contribution in [0.2, 0.25) is 0 Å². The van der Waals surface area contributed by atoms with Crippen LogP contribution in [-0.4, -0.2) is 35.6 Å². The Bertz CT molecular complexity index is 614. The Morgan fingerprint density at radius 2 is 2.28 bits per heavy atom. The number of nitro groups is 1. The molecule has 1 N–H and O–H groups in total. The molecule has 0 bridgehead atoms. The van der Waals surface area contributed by atoms with Crippen LogP contribution < -0.4 is 0 Å². The standard InChI is InChI=1S/C9H9N5O4/c1-6-4-7(9(15)16)10-13(6)5-12-3-2-8(11-12)14(17)18/h2-4H,5H2,1H3,(H,15,16). The van der Waals surface area contributed by atoms with E-state index in [1.807, 2.05) is 0 Å². The van der Waals surface area contributed by atoms with Crippen molar-refractivity contribution >= 4 is 11.8 Å². The zero-order chi connectivity index (χ0) is 13.3. The van der Waals surface area contributed by atoms with Gasteiger partial charge in [0.25, 0.3) is 0 Å². The zero-order valence-corrected chi connectivity index (χ0v) is 9.35. The molecular weight excluding hydrogens is 242 g/mol. The van der Waals surface area contributed by atoms with Crippen molar-refractivity contribution < 1.29 is 14.8 Å². The number of aromatic carboxylic acids is 1. The summed E-state index contributed by atoms with van der Waals surface area (Å²) < 4.78 is 2.71. The van der Waals surface area contributed by atoms with Crippen LogP contribution in [0.4, 0.5) is 5.82 Å². The molecule has 0 fully saturated rings. The van der Waals surface area contributed by atoms with Gasteiger partial charge in [-0.3, -0.25) is 0 Å². The number of aryl methyl sites for hydroxylation is 1. The third kappa shape index (κ3) is 2.19. The summed E-state index contributed by atoms with van der Waals surface area (Å²) in [5.74, 6) is -1.39. The van der Waals surface area contributed by atoms with Crippen molar-refractivity contribution in [3.8, 4) is 0 Å². The first-order valence-electron chi connectivity index (χ1n) is 4.93.